The molecule has 0 saturated heterocycles. The standard InChI is InChI=1S/C13H17N5O2S/c1-5(4-8(14)19)16-12(20)11-10(15)9-6(2)7(3)17-18-13(9)21-11/h5H,4,15H2,1-3H3,(H2,14,19)(H,16,20). The summed E-state index contributed by atoms with van der Waals surface area (Å²) in [6.07, 6.45) is 0.0779. The number of carbonyl (C=O) groups excluding carboxylic acids is 2. The van der Waals surface area contributed by atoms with Gasteiger partial charge in [0.25, 0.3) is 5.91 Å². The third kappa shape index (κ3) is 2.94. The van der Waals surface area contributed by atoms with Gasteiger partial charge in [0, 0.05) is 17.8 Å². The molecule has 21 heavy (non-hydrogen) atoms. The van der Waals surface area contributed by atoms with Crippen molar-refractivity contribution < 1.29 is 9.59 Å². The van der Waals surface area contributed by atoms with E-state index in [4.69, 9.17) is 11.5 Å². The molecule has 1 atom stereocenters. The van der Waals surface area contributed by atoms with Crippen LogP contribution < -0.4 is 16.8 Å². The van der Waals surface area contributed by atoms with E-state index in [9.17, 15) is 9.59 Å². The number of amides is 2. The monoisotopic (exact) mass is 307 g/mol. The molecule has 0 aliphatic rings. The average molecular weight is 307 g/mol. The zero-order valence-electron chi connectivity index (χ0n) is 12.1. The molecule has 0 aliphatic heterocycles. The summed E-state index contributed by atoms with van der Waals surface area (Å²) in [6.45, 7) is 5.45. The second kappa shape index (κ2) is 5.65. The van der Waals surface area contributed by atoms with E-state index < -0.39 is 5.91 Å². The molecule has 2 aromatic heterocycles. The van der Waals surface area contributed by atoms with Gasteiger partial charge in [-0.3, -0.25) is 9.59 Å². The molecule has 8 heteroatoms. The van der Waals surface area contributed by atoms with Gasteiger partial charge >= 0.3 is 0 Å². The van der Waals surface area contributed by atoms with Crippen molar-refractivity contribution in [1.29, 1.82) is 0 Å². The average Bonchev–Trinajstić information content (AvgIpc) is 2.71. The molecule has 0 radical (unpaired) electrons. The molecule has 112 valence electrons. The smallest absolute Gasteiger partial charge is 0.263 e. The van der Waals surface area contributed by atoms with Gasteiger partial charge in [-0.2, -0.15) is 5.10 Å². The highest BCUT2D eigenvalue weighted by atomic mass is 32.1. The van der Waals surface area contributed by atoms with Crippen molar-refractivity contribution in [2.45, 2.75) is 33.2 Å². The van der Waals surface area contributed by atoms with Gasteiger partial charge in [-0.25, -0.2) is 0 Å². The van der Waals surface area contributed by atoms with Crippen LogP contribution in [0.3, 0.4) is 0 Å². The third-order valence-corrected chi connectivity index (χ3v) is 4.31. The maximum Gasteiger partial charge on any atom is 0.263 e. The molecule has 2 rings (SSSR count). The number of aryl methyl sites for hydroxylation is 2. The van der Waals surface area contributed by atoms with Gasteiger partial charge < -0.3 is 16.8 Å². The summed E-state index contributed by atoms with van der Waals surface area (Å²) in [7, 11) is 0. The predicted octanol–water partition coefficient (Wildman–Crippen LogP) is 0.884. The molecule has 2 aromatic rings. The highest BCUT2D eigenvalue weighted by molar-refractivity contribution is 7.21. The van der Waals surface area contributed by atoms with Gasteiger partial charge in [0.2, 0.25) is 5.91 Å². The number of rotatable bonds is 4. The number of hydrogen-bond acceptors (Lipinski definition) is 6. The summed E-state index contributed by atoms with van der Waals surface area (Å²) in [5, 5.41) is 11.6. The second-order valence-corrected chi connectivity index (χ2v) is 5.98. The molecular formula is C13H17N5O2S. The molecular weight excluding hydrogens is 290 g/mol. The molecule has 0 saturated carbocycles. The van der Waals surface area contributed by atoms with Crippen molar-refractivity contribution in [2.75, 3.05) is 5.73 Å². The van der Waals surface area contributed by atoms with E-state index in [0.717, 1.165) is 16.6 Å². The van der Waals surface area contributed by atoms with Crippen molar-refractivity contribution in [1.82, 2.24) is 15.5 Å². The lowest BCUT2D eigenvalue weighted by molar-refractivity contribution is -0.118. The van der Waals surface area contributed by atoms with Crippen LogP contribution in [0.25, 0.3) is 10.2 Å². The van der Waals surface area contributed by atoms with Crippen LogP contribution in [0.15, 0.2) is 0 Å². The number of thiophene rings is 1. The van der Waals surface area contributed by atoms with Crippen molar-refractivity contribution in [3.05, 3.63) is 16.1 Å². The number of anilines is 1. The zero-order chi connectivity index (χ0) is 15.7. The summed E-state index contributed by atoms with van der Waals surface area (Å²) < 4.78 is 0. The van der Waals surface area contributed by atoms with Crippen LogP contribution in [0, 0.1) is 13.8 Å². The minimum atomic E-state index is -0.468. The number of primary amides is 1. The lowest BCUT2D eigenvalue weighted by Crippen LogP contribution is -2.35. The van der Waals surface area contributed by atoms with Gasteiger partial charge in [-0.15, -0.1) is 16.4 Å². The van der Waals surface area contributed by atoms with E-state index in [-0.39, 0.29) is 18.4 Å². The first kappa shape index (κ1) is 15.2. The fraction of sp³-hybridized carbons (Fsp3) is 0.385. The topological polar surface area (TPSA) is 124 Å². The minimum Gasteiger partial charge on any atom is -0.397 e. The molecule has 0 aromatic carbocycles. The Kier molecular flexibility index (Phi) is 4.08. The quantitative estimate of drug-likeness (QED) is 0.773. The Bertz CT molecular complexity index is 725. The first-order valence-electron chi connectivity index (χ1n) is 6.42. The molecule has 0 aliphatic carbocycles. The molecule has 7 nitrogen and oxygen atoms in total. The Morgan fingerprint density at radius 1 is 1.33 bits per heavy atom. The van der Waals surface area contributed by atoms with Gasteiger partial charge in [0.15, 0.2) is 0 Å². The van der Waals surface area contributed by atoms with Gasteiger partial charge in [-0.05, 0) is 26.3 Å². The van der Waals surface area contributed by atoms with E-state index in [0.29, 0.717) is 15.4 Å². The number of carbonyl (C=O) groups is 2. The Hall–Kier alpha value is -2.22. The Balaban J connectivity index is 2.34. The molecule has 2 heterocycles. The largest absolute Gasteiger partial charge is 0.397 e. The molecule has 0 bridgehead atoms. The van der Waals surface area contributed by atoms with Crippen LogP contribution in [0.2, 0.25) is 0 Å². The summed E-state index contributed by atoms with van der Waals surface area (Å²) in [6, 6.07) is -0.353. The fourth-order valence-electron chi connectivity index (χ4n) is 2.05. The number of hydrogen-bond donors (Lipinski definition) is 3. The van der Waals surface area contributed by atoms with Crippen LogP contribution >= 0.6 is 11.3 Å². The maximum absolute atomic E-state index is 12.2. The predicted molar refractivity (Wildman–Crippen MR) is 82.0 cm³/mol. The number of nitrogens with one attached hydrogen (secondary N) is 1. The van der Waals surface area contributed by atoms with E-state index in [1.165, 1.54) is 11.3 Å². The number of nitrogens with two attached hydrogens (primary N) is 2. The number of nitrogen functional groups attached to an aromatic ring is 1. The number of aromatic nitrogens is 2. The van der Waals surface area contributed by atoms with E-state index >= 15 is 0 Å². The number of fused-ring (bicyclic) bond motifs is 1. The Morgan fingerprint density at radius 3 is 2.62 bits per heavy atom. The van der Waals surface area contributed by atoms with Crippen molar-refractivity contribution in [3.8, 4) is 0 Å². The van der Waals surface area contributed by atoms with Crippen LogP contribution in [-0.2, 0) is 4.79 Å². The lowest BCUT2D eigenvalue weighted by atomic mass is 10.1. The highest BCUT2D eigenvalue weighted by Crippen LogP contribution is 2.34. The first-order chi connectivity index (χ1) is 9.81. The summed E-state index contributed by atoms with van der Waals surface area (Å²) in [5.74, 6) is -0.800. The third-order valence-electron chi connectivity index (χ3n) is 3.23. The maximum atomic E-state index is 12.2. The van der Waals surface area contributed by atoms with Gasteiger partial charge in [-0.1, -0.05) is 0 Å². The number of nitrogens with zero attached hydrogens (tertiary/aromatic N) is 2. The normalized spacial score (nSPS) is 12.3. The molecule has 0 fully saturated rings. The second-order valence-electron chi connectivity index (χ2n) is 4.98. The SMILES string of the molecule is Cc1nnc2sc(C(=O)NC(C)CC(N)=O)c(N)c2c1C. The van der Waals surface area contributed by atoms with Crippen molar-refractivity contribution >= 4 is 39.1 Å². The molecule has 2 amide bonds. The first-order valence-corrected chi connectivity index (χ1v) is 7.24. The minimum absolute atomic E-state index is 0.0779. The molecule has 1 unspecified atom stereocenters. The van der Waals surface area contributed by atoms with E-state index in [1.54, 1.807) is 6.92 Å². The van der Waals surface area contributed by atoms with Gasteiger partial charge in [0.05, 0.1) is 11.4 Å². The Labute approximate surface area is 125 Å². The van der Waals surface area contributed by atoms with Crippen LogP contribution in [0.4, 0.5) is 5.69 Å². The van der Waals surface area contributed by atoms with Crippen LogP contribution in [0.1, 0.15) is 34.3 Å². The van der Waals surface area contributed by atoms with Gasteiger partial charge in [0.1, 0.15) is 9.71 Å². The van der Waals surface area contributed by atoms with Crippen molar-refractivity contribution in [2.24, 2.45) is 5.73 Å². The summed E-state index contributed by atoms with van der Waals surface area (Å²) >= 11 is 1.19. The molecule has 0 spiro atoms. The van der Waals surface area contributed by atoms with Crippen molar-refractivity contribution in [3.63, 3.8) is 0 Å². The molecule has 5 N–H and O–H groups in total. The lowest BCUT2D eigenvalue weighted by Gasteiger charge is -2.11. The van der Waals surface area contributed by atoms with Crippen LogP contribution in [0.5, 0.6) is 0 Å². The highest BCUT2D eigenvalue weighted by Gasteiger charge is 2.21. The zero-order valence-corrected chi connectivity index (χ0v) is 12.9. The fourth-order valence-corrected chi connectivity index (χ4v) is 3.06. The summed E-state index contributed by atoms with van der Waals surface area (Å²) in [5.41, 5.74) is 13.3. The van der Waals surface area contributed by atoms with E-state index in [2.05, 4.69) is 15.5 Å². The summed E-state index contributed by atoms with van der Waals surface area (Å²) in [4.78, 5) is 24.1. The van der Waals surface area contributed by atoms with Crippen LogP contribution in [-0.4, -0.2) is 28.1 Å². The Morgan fingerprint density at radius 2 is 2.00 bits per heavy atom. The van der Waals surface area contributed by atoms with E-state index in [1.807, 2.05) is 13.8 Å².